The summed E-state index contributed by atoms with van der Waals surface area (Å²) in [5, 5.41) is 13.6. The fourth-order valence-corrected chi connectivity index (χ4v) is 3.29. The Kier molecular flexibility index (Phi) is 5.15. The molecule has 20 heavy (non-hydrogen) atoms. The number of benzene rings is 1. The third kappa shape index (κ3) is 3.81. The minimum Gasteiger partial charge on any atom is -0.396 e. The zero-order chi connectivity index (χ0) is 14.5. The van der Waals surface area contributed by atoms with Gasteiger partial charge in [-0.25, -0.2) is 4.98 Å². The number of aromatic nitrogens is 1. The molecular weight excluding hydrogens is 268 g/mol. The summed E-state index contributed by atoms with van der Waals surface area (Å²) in [7, 11) is 0. The fourth-order valence-electron chi connectivity index (χ4n) is 2.36. The summed E-state index contributed by atoms with van der Waals surface area (Å²) in [6.45, 7) is 6.52. The molecule has 0 aliphatic carbocycles. The first-order valence-electron chi connectivity index (χ1n) is 7.00. The number of rotatable bonds is 6. The summed E-state index contributed by atoms with van der Waals surface area (Å²) in [6.07, 6.45) is 1.73. The molecule has 2 N–H and O–H groups in total. The Hall–Kier alpha value is -1.39. The summed E-state index contributed by atoms with van der Waals surface area (Å²) in [5.41, 5.74) is 3.50. The van der Waals surface area contributed by atoms with Gasteiger partial charge in [-0.15, -0.1) is 11.3 Å². The van der Waals surface area contributed by atoms with Gasteiger partial charge in [-0.2, -0.15) is 0 Å². The molecule has 0 saturated carbocycles. The van der Waals surface area contributed by atoms with Crippen LogP contribution in [0.3, 0.4) is 0 Å². The van der Waals surface area contributed by atoms with Crippen LogP contribution in [0, 0.1) is 13.8 Å². The number of thiazole rings is 1. The zero-order valence-electron chi connectivity index (χ0n) is 12.3. The highest BCUT2D eigenvalue weighted by Gasteiger charge is 2.12. The Bertz CT molecular complexity index is 565. The first kappa shape index (κ1) is 15.0. The molecule has 2 rings (SSSR count). The Labute approximate surface area is 124 Å². The van der Waals surface area contributed by atoms with E-state index in [1.54, 1.807) is 11.3 Å². The molecule has 0 amide bonds. The molecule has 0 bridgehead atoms. The van der Waals surface area contributed by atoms with Crippen LogP contribution >= 0.6 is 11.3 Å². The van der Waals surface area contributed by atoms with Crippen LogP contribution in [0.25, 0.3) is 0 Å². The van der Waals surface area contributed by atoms with Crippen LogP contribution in [0.15, 0.2) is 24.3 Å². The second-order valence-corrected chi connectivity index (χ2v) is 6.31. The number of aliphatic hydroxyl groups is 1. The van der Waals surface area contributed by atoms with Crippen molar-refractivity contribution in [2.24, 2.45) is 0 Å². The second kappa shape index (κ2) is 6.86. The topological polar surface area (TPSA) is 45.2 Å². The predicted molar refractivity (Wildman–Crippen MR) is 85.5 cm³/mol. The van der Waals surface area contributed by atoms with E-state index in [2.05, 4.69) is 48.4 Å². The number of anilines is 1. The smallest absolute Gasteiger partial charge is 0.0900 e. The molecule has 0 aliphatic rings. The maximum atomic E-state index is 8.90. The first-order chi connectivity index (χ1) is 9.60. The maximum Gasteiger partial charge on any atom is 0.0900 e. The van der Waals surface area contributed by atoms with Crippen molar-refractivity contribution in [3.63, 3.8) is 0 Å². The Morgan fingerprint density at radius 2 is 2.15 bits per heavy atom. The molecule has 1 unspecified atom stereocenters. The van der Waals surface area contributed by atoms with E-state index in [-0.39, 0.29) is 12.6 Å². The van der Waals surface area contributed by atoms with Crippen LogP contribution in [0.2, 0.25) is 0 Å². The zero-order valence-corrected chi connectivity index (χ0v) is 13.1. The lowest BCUT2D eigenvalue weighted by Crippen LogP contribution is -2.06. The Balaban J connectivity index is 2.07. The van der Waals surface area contributed by atoms with Crippen LogP contribution in [-0.4, -0.2) is 16.7 Å². The van der Waals surface area contributed by atoms with E-state index in [0.717, 1.165) is 29.2 Å². The van der Waals surface area contributed by atoms with Gasteiger partial charge in [0.1, 0.15) is 0 Å². The van der Waals surface area contributed by atoms with E-state index >= 15 is 0 Å². The maximum absolute atomic E-state index is 8.90. The molecule has 3 nitrogen and oxygen atoms in total. The third-order valence-electron chi connectivity index (χ3n) is 3.27. The van der Waals surface area contributed by atoms with Crippen molar-refractivity contribution in [3.05, 3.63) is 45.4 Å². The Morgan fingerprint density at radius 1 is 1.35 bits per heavy atom. The minimum absolute atomic E-state index is 0.243. The lowest BCUT2D eigenvalue weighted by molar-refractivity contribution is 0.288. The van der Waals surface area contributed by atoms with Gasteiger partial charge in [0.15, 0.2) is 0 Å². The molecule has 1 heterocycles. The Morgan fingerprint density at radius 3 is 2.80 bits per heavy atom. The van der Waals surface area contributed by atoms with E-state index in [0.29, 0.717) is 0 Å². The summed E-state index contributed by atoms with van der Waals surface area (Å²) < 4.78 is 0. The SMILES string of the molecule is Cc1nc(C)c(C(C)Nc2cccc(CCCO)c2)s1. The van der Waals surface area contributed by atoms with Crippen LogP contribution in [0.1, 0.15) is 40.5 Å². The highest BCUT2D eigenvalue weighted by molar-refractivity contribution is 7.11. The van der Waals surface area contributed by atoms with Gasteiger partial charge in [-0.3, -0.25) is 0 Å². The van der Waals surface area contributed by atoms with Crippen molar-refractivity contribution in [1.29, 1.82) is 0 Å². The molecule has 0 saturated heterocycles. The van der Waals surface area contributed by atoms with Gasteiger partial charge in [0.25, 0.3) is 0 Å². The van der Waals surface area contributed by atoms with Gasteiger partial charge in [0.2, 0.25) is 0 Å². The summed E-state index contributed by atoms with van der Waals surface area (Å²) in [5.74, 6) is 0. The number of nitrogens with one attached hydrogen (secondary N) is 1. The molecule has 0 aliphatic heterocycles. The van der Waals surface area contributed by atoms with Crippen LogP contribution < -0.4 is 5.32 Å². The van der Waals surface area contributed by atoms with Crippen LogP contribution in [0.5, 0.6) is 0 Å². The quantitative estimate of drug-likeness (QED) is 0.849. The van der Waals surface area contributed by atoms with Crippen LogP contribution in [-0.2, 0) is 6.42 Å². The largest absolute Gasteiger partial charge is 0.396 e. The average Bonchev–Trinajstić information content (AvgIpc) is 2.76. The monoisotopic (exact) mass is 290 g/mol. The van der Waals surface area contributed by atoms with Gasteiger partial charge >= 0.3 is 0 Å². The number of hydrogen-bond donors (Lipinski definition) is 2. The highest BCUT2D eigenvalue weighted by atomic mass is 32.1. The number of nitrogens with zero attached hydrogens (tertiary/aromatic N) is 1. The molecule has 1 atom stereocenters. The van der Waals surface area contributed by atoms with Gasteiger partial charge in [-0.05, 0) is 51.3 Å². The molecule has 0 fully saturated rings. The molecular formula is C16H22N2OS. The van der Waals surface area contributed by atoms with Gasteiger partial charge in [0, 0.05) is 17.2 Å². The normalized spacial score (nSPS) is 12.4. The first-order valence-corrected chi connectivity index (χ1v) is 7.82. The number of aliphatic hydroxyl groups excluding tert-OH is 1. The number of hydrogen-bond acceptors (Lipinski definition) is 4. The predicted octanol–water partition coefficient (Wildman–Crippen LogP) is 3.86. The lowest BCUT2D eigenvalue weighted by Gasteiger charge is -2.15. The van der Waals surface area contributed by atoms with E-state index in [9.17, 15) is 0 Å². The summed E-state index contributed by atoms with van der Waals surface area (Å²) in [6, 6.07) is 8.67. The highest BCUT2D eigenvalue weighted by Crippen LogP contribution is 2.27. The minimum atomic E-state index is 0.243. The summed E-state index contributed by atoms with van der Waals surface area (Å²) >= 11 is 1.75. The van der Waals surface area contributed by atoms with Crippen molar-refractivity contribution < 1.29 is 5.11 Å². The van der Waals surface area contributed by atoms with Gasteiger partial charge in [0.05, 0.1) is 16.7 Å². The molecule has 4 heteroatoms. The van der Waals surface area contributed by atoms with Crippen LogP contribution in [0.4, 0.5) is 5.69 Å². The molecule has 0 radical (unpaired) electrons. The van der Waals surface area contributed by atoms with Crippen molar-refractivity contribution in [2.45, 2.75) is 39.7 Å². The van der Waals surface area contributed by atoms with Crippen molar-refractivity contribution in [1.82, 2.24) is 4.98 Å². The van der Waals surface area contributed by atoms with E-state index < -0.39 is 0 Å². The molecule has 1 aromatic heterocycles. The van der Waals surface area contributed by atoms with Gasteiger partial charge < -0.3 is 10.4 Å². The van der Waals surface area contributed by atoms with Crippen molar-refractivity contribution in [3.8, 4) is 0 Å². The van der Waals surface area contributed by atoms with Crippen molar-refractivity contribution in [2.75, 3.05) is 11.9 Å². The molecule has 108 valence electrons. The third-order valence-corrected chi connectivity index (χ3v) is 4.52. The molecule has 0 spiro atoms. The average molecular weight is 290 g/mol. The van der Waals surface area contributed by atoms with E-state index in [1.807, 2.05) is 6.92 Å². The second-order valence-electron chi connectivity index (χ2n) is 5.08. The summed E-state index contributed by atoms with van der Waals surface area (Å²) in [4.78, 5) is 5.78. The lowest BCUT2D eigenvalue weighted by atomic mass is 10.1. The molecule has 2 aromatic rings. The standard InChI is InChI=1S/C16H22N2OS/c1-11-16(20-13(3)17-11)12(2)18-15-8-4-6-14(10-15)7-5-9-19/h4,6,8,10,12,18-19H,5,7,9H2,1-3H3. The molecule has 1 aromatic carbocycles. The van der Waals surface area contributed by atoms with E-state index in [4.69, 9.17) is 5.11 Å². The van der Waals surface area contributed by atoms with Gasteiger partial charge in [-0.1, -0.05) is 12.1 Å². The van der Waals surface area contributed by atoms with E-state index in [1.165, 1.54) is 10.4 Å². The number of aryl methyl sites for hydroxylation is 3. The van der Waals surface area contributed by atoms with Crippen molar-refractivity contribution >= 4 is 17.0 Å². The fraction of sp³-hybridized carbons (Fsp3) is 0.438.